The highest BCUT2D eigenvalue weighted by Gasteiger charge is 2.09. The van der Waals surface area contributed by atoms with Gasteiger partial charge < -0.3 is 18.9 Å². The summed E-state index contributed by atoms with van der Waals surface area (Å²) in [4.78, 5) is 4.23. The molecule has 0 N–H and O–H groups in total. The average Bonchev–Trinajstić information content (AvgIpc) is 2.45. The maximum absolute atomic E-state index is 9.11. The van der Waals surface area contributed by atoms with E-state index in [1.807, 2.05) is 19.9 Å². The van der Waals surface area contributed by atoms with Crippen molar-refractivity contribution in [1.82, 2.24) is 4.98 Å². The lowest BCUT2D eigenvalue weighted by atomic mass is 10.1. The third kappa shape index (κ3) is 6.54. The van der Waals surface area contributed by atoms with Crippen LogP contribution in [0.15, 0.2) is 6.07 Å². The number of rotatable bonds is 10. The van der Waals surface area contributed by atoms with Crippen molar-refractivity contribution in [1.29, 1.82) is 5.26 Å². The number of aryl methyl sites for hydroxylation is 2. The van der Waals surface area contributed by atoms with E-state index < -0.39 is 0 Å². The smallest absolute Gasteiger partial charge is 0.232 e. The molecule has 6 nitrogen and oxygen atoms in total. The highest BCUT2D eigenvalue weighted by atomic mass is 16.6. The van der Waals surface area contributed by atoms with E-state index in [4.69, 9.17) is 24.2 Å². The molecule has 0 saturated heterocycles. The Morgan fingerprint density at radius 3 is 2.29 bits per heavy atom. The van der Waals surface area contributed by atoms with Crippen LogP contribution in [0.4, 0.5) is 0 Å². The van der Waals surface area contributed by atoms with Gasteiger partial charge in [-0.25, -0.2) is 4.98 Å². The fourth-order valence-corrected chi connectivity index (χ4v) is 1.70. The van der Waals surface area contributed by atoms with Crippen LogP contribution < -0.4 is 4.74 Å². The van der Waals surface area contributed by atoms with E-state index in [9.17, 15) is 0 Å². The monoisotopic (exact) mass is 294 g/mol. The summed E-state index contributed by atoms with van der Waals surface area (Å²) in [5.74, 6) is 0.370. The molecule has 0 aromatic carbocycles. The first-order valence-electron chi connectivity index (χ1n) is 6.84. The van der Waals surface area contributed by atoms with Crippen molar-refractivity contribution in [3.63, 3.8) is 0 Å². The van der Waals surface area contributed by atoms with Crippen LogP contribution in [0, 0.1) is 25.2 Å². The average molecular weight is 294 g/mol. The molecule has 21 heavy (non-hydrogen) atoms. The molecule has 0 spiro atoms. The van der Waals surface area contributed by atoms with Gasteiger partial charge in [-0.15, -0.1) is 0 Å². The minimum Gasteiger partial charge on any atom is -0.474 e. The number of aromatic nitrogens is 1. The predicted molar refractivity (Wildman–Crippen MR) is 77.4 cm³/mol. The van der Waals surface area contributed by atoms with Crippen LogP contribution in [-0.4, -0.2) is 51.7 Å². The Kier molecular flexibility index (Phi) is 8.36. The molecule has 0 aliphatic heterocycles. The number of methoxy groups -OCH3 is 1. The Morgan fingerprint density at radius 2 is 1.67 bits per heavy atom. The van der Waals surface area contributed by atoms with Crippen LogP contribution in [0.2, 0.25) is 0 Å². The first-order valence-corrected chi connectivity index (χ1v) is 6.84. The molecule has 0 unspecified atom stereocenters. The third-order valence-corrected chi connectivity index (χ3v) is 2.69. The number of nitrogens with zero attached hydrogens (tertiary/aromatic N) is 2. The second-order valence-electron chi connectivity index (χ2n) is 4.44. The third-order valence-electron chi connectivity index (χ3n) is 2.69. The lowest BCUT2D eigenvalue weighted by Gasteiger charge is -2.10. The number of ether oxygens (including phenoxy) is 4. The minimum atomic E-state index is 0.350. The molecule has 0 radical (unpaired) electrons. The molecular formula is C15H22N2O4. The molecule has 1 aromatic heterocycles. The Labute approximate surface area is 125 Å². The van der Waals surface area contributed by atoms with E-state index in [1.54, 1.807) is 7.11 Å². The summed E-state index contributed by atoms with van der Waals surface area (Å²) < 4.78 is 21.0. The second-order valence-corrected chi connectivity index (χ2v) is 4.44. The lowest BCUT2D eigenvalue weighted by Crippen LogP contribution is -2.13. The quantitative estimate of drug-likeness (QED) is 0.611. The van der Waals surface area contributed by atoms with Crippen LogP contribution in [-0.2, 0) is 14.2 Å². The fraction of sp³-hybridized carbons (Fsp3) is 0.600. The Morgan fingerprint density at radius 1 is 1.05 bits per heavy atom. The van der Waals surface area contributed by atoms with Gasteiger partial charge in [-0.3, -0.25) is 0 Å². The van der Waals surface area contributed by atoms with Crippen molar-refractivity contribution in [2.75, 3.05) is 46.8 Å². The van der Waals surface area contributed by atoms with Crippen molar-refractivity contribution in [2.45, 2.75) is 13.8 Å². The molecule has 0 atom stereocenters. The topological polar surface area (TPSA) is 73.6 Å². The van der Waals surface area contributed by atoms with Crippen LogP contribution >= 0.6 is 0 Å². The normalized spacial score (nSPS) is 10.4. The lowest BCUT2D eigenvalue weighted by molar-refractivity contribution is 0.0176. The molecule has 0 amide bonds. The summed E-state index contributed by atoms with van der Waals surface area (Å²) in [7, 11) is 1.63. The predicted octanol–water partition coefficient (Wildman–Crippen LogP) is 1.63. The molecule has 0 bridgehead atoms. The van der Waals surface area contributed by atoms with Gasteiger partial charge in [-0.2, -0.15) is 5.26 Å². The first-order chi connectivity index (χ1) is 10.2. The Bertz CT molecular complexity index is 471. The van der Waals surface area contributed by atoms with E-state index in [-0.39, 0.29) is 0 Å². The van der Waals surface area contributed by atoms with Gasteiger partial charge in [0.2, 0.25) is 5.88 Å². The van der Waals surface area contributed by atoms with Crippen molar-refractivity contribution in [2.24, 2.45) is 0 Å². The molecule has 1 heterocycles. The largest absolute Gasteiger partial charge is 0.474 e. The summed E-state index contributed by atoms with van der Waals surface area (Å²) in [6.07, 6.45) is 0. The summed E-state index contributed by atoms with van der Waals surface area (Å²) in [6, 6.07) is 3.97. The van der Waals surface area contributed by atoms with Crippen molar-refractivity contribution >= 4 is 0 Å². The molecule has 0 saturated carbocycles. The zero-order chi connectivity index (χ0) is 15.5. The van der Waals surface area contributed by atoms with E-state index >= 15 is 0 Å². The number of hydrogen-bond acceptors (Lipinski definition) is 6. The maximum Gasteiger partial charge on any atom is 0.232 e. The van der Waals surface area contributed by atoms with Gasteiger partial charge in [0.15, 0.2) is 0 Å². The van der Waals surface area contributed by atoms with Gasteiger partial charge in [0.1, 0.15) is 18.2 Å². The first kappa shape index (κ1) is 17.4. The SMILES string of the molecule is COCCOCCOCCOc1nc(C)cc(C)c1C#N. The highest BCUT2D eigenvalue weighted by Crippen LogP contribution is 2.19. The van der Waals surface area contributed by atoms with Crippen molar-refractivity contribution in [3.05, 3.63) is 22.9 Å². The molecule has 1 aromatic rings. The molecule has 6 heteroatoms. The highest BCUT2D eigenvalue weighted by molar-refractivity contribution is 5.45. The number of pyridine rings is 1. The molecule has 0 aliphatic carbocycles. The summed E-state index contributed by atoms with van der Waals surface area (Å²) in [6.45, 7) is 6.68. The second kappa shape index (κ2) is 10.1. The van der Waals surface area contributed by atoms with E-state index in [1.165, 1.54) is 0 Å². The van der Waals surface area contributed by atoms with Crippen LogP contribution in [0.3, 0.4) is 0 Å². The summed E-state index contributed by atoms with van der Waals surface area (Å²) >= 11 is 0. The zero-order valence-corrected chi connectivity index (χ0v) is 12.8. The van der Waals surface area contributed by atoms with E-state index in [0.717, 1.165) is 11.3 Å². The molecule has 1 rings (SSSR count). The van der Waals surface area contributed by atoms with Gasteiger partial charge in [0, 0.05) is 12.8 Å². The maximum atomic E-state index is 9.11. The molecule has 0 aliphatic rings. The molecular weight excluding hydrogens is 272 g/mol. The fourth-order valence-electron chi connectivity index (χ4n) is 1.70. The number of hydrogen-bond donors (Lipinski definition) is 0. The van der Waals surface area contributed by atoms with Gasteiger partial charge in [0.05, 0.1) is 33.0 Å². The van der Waals surface area contributed by atoms with Gasteiger partial charge in [-0.05, 0) is 25.5 Å². The van der Waals surface area contributed by atoms with Crippen LogP contribution in [0.5, 0.6) is 5.88 Å². The van der Waals surface area contributed by atoms with Crippen LogP contribution in [0.25, 0.3) is 0 Å². The van der Waals surface area contributed by atoms with Gasteiger partial charge >= 0.3 is 0 Å². The van der Waals surface area contributed by atoms with E-state index in [2.05, 4.69) is 11.1 Å². The van der Waals surface area contributed by atoms with Gasteiger partial charge in [0.25, 0.3) is 0 Å². The van der Waals surface area contributed by atoms with Crippen molar-refractivity contribution in [3.8, 4) is 11.9 Å². The molecule has 116 valence electrons. The van der Waals surface area contributed by atoms with Crippen LogP contribution in [0.1, 0.15) is 16.8 Å². The van der Waals surface area contributed by atoms with E-state index in [0.29, 0.717) is 51.1 Å². The molecule has 0 fully saturated rings. The minimum absolute atomic E-state index is 0.350. The Hall–Kier alpha value is -1.68. The summed E-state index contributed by atoms with van der Waals surface area (Å²) in [5.41, 5.74) is 2.17. The van der Waals surface area contributed by atoms with Gasteiger partial charge in [-0.1, -0.05) is 0 Å². The number of nitriles is 1. The van der Waals surface area contributed by atoms with Crippen molar-refractivity contribution < 1.29 is 18.9 Å². The Balaban J connectivity index is 2.23. The summed E-state index contributed by atoms with van der Waals surface area (Å²) in [5, 5.41) is 9.11. The standard InChI is InChI=1S/C15H22N2O4/c1-12-10-13(2)17-15(14(12)11-16)21-9-8-20-7-6-19-5-4-18-3/h10H,4-9H2,1-3H3. The zero-order valence-electron chi connectivity index (χ0n) is 12.8.